The molecular formula is C6H10FN. The highest BCUT2D eigenvalue weighted by Gasteiger charge is 2.12. The monoisotopic (exact) mass is 115 g/mol. The van der Waals surface area contributed by atoms with Crippen molar-refractivity contribution in [1.82, 2.24) is 0 Å². The zero-order chi connectivity index (χ0) is 5.98. The molecule has 0 amide bonds. The Kier molecular flexibility index (Phi) is 1.61. The van der Waals surface area contributed by atoms with Crippen LogP contribution in [0.4, 0.5) is 4.39 Å². The van der Waals surface area contributed by atoms with Gasteiger partial charge in [0.2, 0.25) is 0 Å². The van der Waals surface area contributed by atoms with Crippen molar-refractivity contribution in [3.63, 3.8) is 0 Å². The molecule has 0 fully saturated rings. The van der Waals surface area contributed by atoms with Gasteiger partial charge in [-0.3, -0.25) is 4.99 Å². The van der Waals surface area contributed by atoms with E-state index in [1.54, 1.807) is 6.21 Å². The summed E-state index contributed by atoms with van der Waals surface area (Å²) >= 11 is 0. The smallest absolute Gasteiger partial charge is 0.189 e. The Balaban J connectivity index is 2.42. The van der Waals surface area contributed by atoms with Gasteiger partial charge in [-0.2, -0.15) is 0 Å². The molecule has 1 aliphatic heterocycles. The molecule has 0 spiro atoms. The normalized spacial score (nSPS) is 37.8. The van der Waals surface area contributed by atoms with Crippen LogP contribution in [0.1, 0.15) is 19.8 Å². The van der Waals surface area contributed by atoms with Crippen molar-refractivity contribution in [3.05, 3.63) is 0 Å². The van der Waals surface area contributed by atoms with Crippen LogP contribution in [-0.2, 0) is 0 Å². The van der Waals surface area contributed by atoms with Crippen LogP contribution in [0.3, 0.4) is 0 Å². The number of nitrogens with zero attached hydrogens (tertiary/aromatic N) is 1. The lowest BCUT2D eigenvalue weighted by Crippen LogP contribution is -2.10. The van der Waals surface area contributed by atoms with Crippen LogP contribution in [0, 0.1) is 5.92 Å². The van der Waals surface area contributed by atoms with Crippen LogP contribution in [0.15, 0.2) is 4.99 Å². The predicted octanol–water partition coefficient (Wildman–Crippen LogP) is 1.78. The van der Waals surface area contributed by atoms with Gasteiger partial charge in [0.05, 0.1) is 0 Å². The number of aliphatic imine (C=N–C) groups is 1. The average molecular weight is 115 g/mol. The van der Waals surface area contributed by atoms with Gasteiger partial charge in [-0.15, -0.1) is 0 Å². The summed E-state index contributed by atoms with van der Waals surface area (Å²) in [4.78, 5) is 3.59. The van der Waals surface area contributed by atoms with Gasteiger partial charge in [-0.1, -0.05) is 6.92 Å². The van der Waals surface area contributed by atoms with Gasteiger partial charge < -0.3 is 0 Å². The minimum Gasteiger partial charge on any atom is -0.261 e. The fourth-order valence-corrected chi connectivity index (χ4v) is 0.844. The Morgan fingerprint density at radius 3 is 2.88 bits per heavy atom. The lowest BCUT2D eigenvalue weighted by atomic mass is 10.0. The summed E-state index contributed by atoms with van der Waals surface area (Å²) in [5.74, 6) is 0.488. The predicted molar refractivity (Wildman–Crippen MR) is 31.8 cm³/mol. The Labute approximate surface area is 48.6 Å². The average Bonchev–Trinajstić information content (AvgIpc) is 1.64. The number of halogens is 1. The molecule has 0 saturated carbocycles. The fraction of sp³-hybridized carbons (Fsp3) is 0.833. The van der Waals surface area contributed by atoms with Crippen molar-refractivity contribution in [2.45, 2.75) is 26.1 Å². The molecule has 0 aliphatic carbocycles. The summed E-state index contributed by atoms with van der Waals surface area (Å²) in [6.07, 6.45) is 2.31. The van der Waals surface area contributed by atoms with Crippen LogP contribution in [-0.4, -0.2) is 12.5 Å². The number of alkyl halides is 1. The molecule has 2 unspecified atom stereocenters. The Hall–Kier alpha value is -0.400. The number of hydrogen-bond acceptors (Lipinski definition) is 1. The molecule has 46 valence electrons. The van der Waals surface area contributed by atoms with E-state index in [-0.39, 0.29) is 0 Å². The molecule has 0 aromatic heterocycles. The van der Waals surface area contributed by atoms with Crippen molar-refractivity contribution in [2.75, 3.05) is 0 Å². The number of rotatable bonds is 0. The summed E-state index contributed by atoms with van der Waals surface area (Å²) in [6, 6.07) is 0. The summed E-state index contributed by atoms with van der Waals surface area (Å²) in [6.45, 7) is 2.04. The van der Waals surface area contributed by atoms with Crippen molar-refractivity contribution in [2.24, 2.45) is 10.9 Å². The molecule has 1 heterocycles. The second-order valence-electron chi connectivity index (χ2n) is 2.34. The summed E-state index contributed by atoms with van der Waals surface area (Å²) in [5.41, 5.74) is 0. The molecule has 0 aromatic rings. The first-order valence-electron chi connectivity index (χ1n) is 2.94. The van der Waals surface area contributed by atoms with E-state index >= 15 is 0 Å². The topological polar surface area (TPSA) is 12.4 Å². The molecule has 1 rings (SSSR count). The van der Waals surface area contributed by atoms with Crippen molar-refractivity contribution >= 4 is 6.21 Å². The molecule has 2 atom stereocenters. The SMILES string of the molecule is CC1CC=NC(F)C1. The van der Waals surface area contributed by atoms with Gasteiger partial charge >= 0.3 is 0 Å². The van der Waals surface area contributed by atoms with Gasteiger partial charge in [0.15, 0.2) is 6.30 Å². The Morgan fingerprint density at radius 2 is 2.50 bits per heavy atom. The molecule has 0 N–H and O–H groups in total. The Bertz CT molecular complexity index is 101. The maximum absolute atomic E-state index is 12.2. The highest BCUT2D eigenvalue weighted by atomic mass is 19.1. The first kappa shape index (κ1) is 5.73. The lowest BCUT2D eigenvalue weighted by Gasteiger charge is -2.13. The molecule has 0 saturated heterocycles. The van der Waals surface area contributed by atoms with Crippen molar-refractivity contribution < 1.29 is 4.39 Å². The summed E-state index contributed by atoms with van der Waals surface area (Å²) in [7, 11) is 0. The van der Waals surface area contributed by atoms with Crippen LogP contribution in [0.25, 0.3) is 0 Å². The molecular weight excluding hydrogens is 105 g/mol. The van der Waals surface area contributed by atoms with E-state index in [9.17, 15) is 4.39 Å². The highest BCUT2D eigenvalue weighted by Crippen LogP contribution is 2.16. The summed E-state index contributed by atoms with van der Waals surface area (Å²) < 4.78 is 12.2. The summed E-state index contributed by atoms with van der Waals surface area (Å²) in [5, 5.41) is 0. The second kappa shape index (κ2) is 2.25. The van der Waals surface area contributed by atoms with E-state index in [2.05, 4.69) is 4.99 Å². The third-order valence-electron chi connectivity index (χ3n) is 1.37. The third-order valence-corrected chi connectivity index (χ3v) is 1.37. The van der Waals surface area contributed by atoms with Gasteiger partial charge in [0.25, 0.3) is 0 Å². The maximum Gasteiger partial charge on any atom is 0.189 e. The van der Waals surface area contributed by atoms with Crippen molar-refractivity contribution in [1.29, 1.82) is 0 Å². The van der Waals surface area contributed by atoms with E-state index in [1.165, 1.54) is 0 Å². The van der Waals surface area contributed by atoms with Crippen LogP contribution >= 0.6 is 0 Å². The molecule has 1 nitrogen and oxygen atoms in total. The van der Waals surface area contributed by atoms with Gasteiger partial charge in [0.1, 0.15) is 0 Å². The molecule has 0 radical (unpaired) electrons. The van der Waals surface area contributed by atoms with Crippen LogP contribution in [0.2, 0.25) is 0 Å². The molecule has 1 aliphatic rings. The molecule has 0 bridgehead atoms. The first-order chi connectivity index (χ1) is 3.79. The standard InChI is InChI=1S/C6H10FN/c1-5-2-3-8-6(7)4-5/h3,5-6H,2,4H2,1H3. The maximum atomic E-state index is 12.2. The lowest BCUT2D eigenvalue weighted by molar-refractivity contribution is 0.278. The second-order valence-corrected chi connectivity index (χ2v) is 2.34. The van der Waals surface area contributed by atoms with E-state index in [0.29, 0.717) is 12.3 Å². The van der Waals surface area contributed by atoms with E-state index in [0.717, 1.165) is 6.42 Å². The molecule has 2 heteroatoms. The highest BCUT2D eigenvalue weighted by molar-refractivity contribution is 5.58. The van der Waals surface area contributed by atoms with Gasteiger partial charge in [-0.25, -0.2) is 4.39 Å². The van der Waals surface area contributed by atoms with E-state index < -0.39 is 6.30 Å². The van der Waals surface area contributed by atoms with Crippen LogP contribution in [0.5, 0.6) is 0 Å². The number of hydrogen-bond donors (Lipinski definition) is 0. The molecule has 8 heavy (non-hydrogen) atoms. The fourth-order valence-electron chi connectivity index (χ4n) is 0.844. The van der Waals surface area contributed by atoms with Gasteiger partial charge in [0, 0.05) is 12.6 Å². The van der Waals surface area contributed by atoms with Crippen molar-refractivity contribution in [3.8, 4) is 0 Å². The largest absolute Gasteiger partial charge is 0.261 e. The minimum atomic E-state index is -0.918. The van der Waals surface area contributed by atoms with Crippen LogP contribution < -0.4 is 0 Å². The van der Waals surface area contributed by atoms with Gasteiger partial charge in [-0.05, 0) is 12.3 Å². The Morgan fingerprint density at radius 1 is 1.75 bits per heavy atom. The minimum absolute atomic E-state index is 0.488. The first-order valence-corrected chi connectivity index (χ1v) is 2.94. The van der Waals surface area contributed by atoms with E-state index in [4.69, 9.17) is 0 Å². The zero-order valence-electron chi connectivity index (χ0n) is 4.97. The third kappa shape index (κ3) is 1.29. The molecule has 0 aromatic carbocycles. The van der Waals surface area contributed by atoms with E-state index in [1.807, 2.05) is 6.92 Å². The zero-order valence-corrected chi connectivity index (χ0v) is 4.97. The quantitative estimate of drug-likeness (QED) is 0.427.